The van der Waals surface area contributed by atoms with E-state index in [4.69, 9.17) is 0 Å². The molecular formula is C15H24N2OS. The molecule has 0 bridgehead atoms. The monoisotopic (exact) mass is 280 g/mol. The van der Waals surface area contributed by atoms with E-state index in [9.17, 15) is 5.11 Å². The molecule has 3 atom stereocenters. The summed E-state index contributed by atoms with van der Waals surface area (Å²) >= 11 is 1.74. The molecule has 1 aromatic heterocycles. The number of aliphatic hydroxyl groups excluding tert-OH is 1. The fourth-order valence-corrected chi connectivity index (χ4v) is 4.41. The summed E-state index contributed by atoms with van der Waals surface area (Å²) in [7, 11) is 0. The van der Waals surface area contributed by atoms with Crippen LogP contribution < -0.4 is 0 Å². The maximum Gasteiger partial charge on any atom is 0.0897 e. The molecule has 1 saturated heterocycles. The molecular weight excluding hydrogens is 256 g/mol. The first kappa shape index (κ1) is 13.5. The predicted molar refractivity (Wildman–Crippen MR) is 78.2 cm³/mol. The van der Waals surface area contributed by atoms with Crippen molar-refractivity contribution in [1.82, 2.24) is 9.88 Å². The van der Waals surface area contributed by atoms with Gasteiger partial charge in [0.1, 0.15) is 0 Å². The van der Waals surface area contributed by atoms with Crippen molar-refractivity contribution in [3.63, 3.8) is 0 Å². The molecule has 3 unspecified atom stereocenters. The zero-order chi connectivity index (χ0) is 13.2. The Morgan fingerprint density at radius 1 is 1.32 bits per heavy atom. The van der Waals surface area contributed by atoms with Gasteiger partial charge in [0.25, 0.3) is 0 Å². The molecule has 0 aromatic carbocycles. The number of aromatic nitrogens is 1. The summed E-state index contributed by atoms with van der Waals surface area (Å²) in [5.74, 6) is 0.496. The molecule has 1 aliphatic carbocycles. The summed E-state index contributed by atoms with van der Waals surface area (Å²) in [6, 6.07) is 0.581. The van der Waals surface area contributed by atoms with Crippen LogP contribution in [0.2, 0.25) is 0 Å². The van der Waals surface area contributed by atoms with Crippen LogP contribution in [0.4, 0.5) is 0 Å². The van der Waals surface area contributed by atoms with E-state index in [1.54, 1.807) is 11.3 Å². The van der Waals surface area contributed by atoms with Crippen LogP contribution in [-0.4, -0.2) is 33.7 Å². The van der Waals surface area contributed by atoms with Crippen molar-refractivity contribution < 1.29 is 5.11 Å². The zero-order valence-electron chi connectivity index (χ0n) is 11.7. The van der Waals surface area contributed by atoms with Crippen LogP contribution in [0.25, 0.3) is 0 Å². The van der Waals surface area contributed by atoms with Crippen LogP contribution in [0.3, 0.4) is 0 Å². The van der Waals surface area contributed by atoms with Gasteiger partial charge in [-0.3, -0.25) is 4.90 Å². The first-order chi connectivity index (χ1) is 9.24. The quantitative estimate of drug-likeness (QED) is 0.925. The van der Waals surface area contributed by atoms with Gasteiger partial charge in [-0.1, -0.05) is 12.8 Å². The standard InChI is InChI=1S/C15H24N2OS/c1-11-16-12(10-19-11)9-17-8-4-6-14(17)13-5-2-3-7-15(13)18/h10,13-15,18H,2-9H2,1H3. The van der Waals surface area contributed by atoms with Gasteiger partial charge in [-0.25, -0.2) is 4.98 Å². The Labute approximate surface area is 119 Å². The van der Waals surface area contributed by atoms with E-state index in [1.807, 2.05) is 0 Å². The van der Waals surface area contributed by atoms with Crippen LogP contribution in [0.1, 0.15) is 49.2 Å². The summed E-state index contributed by atoms with van der Waals surface area (Å²) in [5.41, 5.74) is 1.21. The molecule has 4 heteroatoms. The Bertz CT molecular complexity index is 420. The van der Waals surface area contributed by atoms with Gasteiger partial charge in [0, 0.05) is 23.9 Å². The normalized spacial score (nSPS) is 32.8. The van der Waals surface area contributed by atoms with Gasteiger partial charge in [0.15, 0.2) is 0 Å². The van der Waals surface area contributed by atoms with E-state index in [0.717, 1.165) is 18.0 Å². The summed E-state index contributed by atoms with van der Waals surface area (Å²) in [4.78, 5) is 7.15. The highest BCUT2D eigenvalue weighted by Crippen LogP contribution is 2.35. The minimum Gasteiger partial charge on any atom is -0.393 e. The van der Waals surface area contributed by atoms with E-state index >= 15 is 0 Å². The molecule has 2 aliphatic rings. The summed E-state index contributed by atoms with van der Waals surface area (Å²) < 4.78 is 0. The lowest BCUT2D eigenvalue weighted by atomic mass is 9.80. The predicted octanol–water partition coefficient (Wildman–Crippen LogP) is 2.97. The van der Waals surface area contributed by atoms with Gasteiger partial charge in [-0.15, -0.1) is 11.3 Å². The molecule has 19 heavy (non-hydrogen) atoms. The Balaban J connectivity index is 1.67. The molecule has 1 aromatic rings. The molecule has 0 radical (unpaired) electrons. The van der Waals surface area contributed by atoms with Gasteiger partial charge >= 0.3 is 0 Å². The van der Waals surface area contributed by atoms with Gasteiger partial charge in [-0.2, -0.15) is 0 Å². The number of hydrogen-bond donors (Lipinski definition) is 1. The van der Waals surface area contributed by atoms with Gasteiger partial charge < -0.3 is 5.11 Å². The van der Waals surface area contributed by atoms with Crippen molar-refractivity contribution in [2.45, 2.75) is 64.1 Å². The van der Waals surface area contributed by atoms with Crippen molar-refractivity contribution in [1.29, 1.82) is 0 Å². The highest BCUT2D eigenvalue weighted by Gasteiger charge is 2.36. The zero-order valence-corrected chi connectivity index (χ0v) is 12.5. The second-order valence-corrected chi connectivity index (χ2v) is 7.12. The molecule has 1 aliphatic heterocycles. The Hall–Kier alpha value is -0.450. The maximum atomic E-state index is 10.3. The molecule has 1 N–H and O–H groups in total. The maximum absolute atomic E-state index is 10.3. The smallest absolute Gasteiger partial charge is 0.0897 e. The van der Waals surface area contributed by atoms with Crippen molar-refractivity contribution in [3.05, 3.63) is 16.1 Å². The van der Waals surface area contributed by atoms with Gasteiger partial charge in [0.05, 0.1) is 16.8 Å². The Morgan fingerprint density at radius 2 is 2.16 bits per heavy atom. The number of rotatable bonds is 3. The molecule has 1 saturated carbocycles. The highest BCUT2D eigenvalue weighted by molar-refractivity contribution is 7.09. The molecule has 2 heterocycles. The van der Waals surface area contributed by atoms with E-state index in [-0.39, 0.29) is 6.10 Å². The third-order valence-corrected chi connectivity index (χ3v) is 5.54. The third kappa shape index (κ3) is 3.01. The molecule has 0 amide bonds. The Kier molecular flexibility index (Phi) is 4.20. The summed E-state index contributed by atoms with van der Waals surface area (Å²) in [6.07, 6.45) is 7.17. The van der Waals surface area contributed by atoms with E-state index in [0.29, 0.717) is 12.0 Å². The highest BCUT2D eigenvalue weighted by atomic mass is 32.1. The molecule has 3 rings (SSSR count). The minimum absolute atomic E-state index is 0.0727. The number of nitrogens with zero attached hydrogens (tertiary/aromatic N) is 2. The lowest BCUT2D eigenvalue weighted by molar-refractivity contribution is 0.0199. The van der Waals surface area contributed by atoms with Crippen LogP contribution >= 0.6 is 11.3 Å². The first-order valence-electron chi connectivity index (χ1n) is 7.57. The Morgan fingerprint density at radius 3 is 2.89 bits per heavy atom. The lowest BCUT2D eigenvalue weighted by Gasteiger charge is -2.37. The minimum atomic E-state index is -0.0727. The van der Waals surface area contributed by atoms with Crippen LogP contribution in [-0.2, 0) is 6.54 Å². The van der Waals surface area contributed by atoms with Crippen molar-refractivity contribution in [2.24, 2.45) is 5.92 Å². The van der Waals surface area contributed by atoms with Crippen molar-refractivity contribution in [2.75, 3.05) is 6.54 Å². The van der Waals surface area contributed by atoms with Crippen LogP contribution in [0, 0.1) is 12.8 Å². The largest absolute Gasteiger partial charge is 0.393 e. The molecule has 106 valence electrons. The average Bonchev–Trinajstić information content (AvgIpc) is 3.00. The first-order valence-corrected chi connectivity index (χ1v) is 8.45. The number of thiazole rings is 1. The number of aryl methyl sites for hydroxylation is 1. The number of hydrogen-bond acceptors (Lipinski definition) is 4. The van der Waals surface area contributed by atoms with E-state index in [1.165, 1.54) is 44.3 Å². The summed E-state index contributed by atoms with van der Waals surface area (Å²) in [5, 5.41) is 13.6. The molecule has 3 nitrogen and oxygen atoms in total. The van der Waals surface area contributed by atoms with E-state index < -0.39 is 0 Å². The van der Waals surface area contributed by atoms with Crippen LogP contribution in [0.5, 0.6) is 0 Å². The fraction of sp³-hybridized carbons (Fsp3) is 0.800. The second kappa shape index (κ2) is 5.90. The average molecular weight is 280 g/mol. The van der Waals surface area contributed by atoms with E-state index in [2.05, 4.69) is 22.2 Å². The third-order valence-electron chi connectivity index (χ3n) is 4.72. The lowest BCUT2D eigenvalue weighted by Crippen LogP contribution is -2.42. The van der Waals surface area contributed by atoms with Gasteiger partial charge in [0.2, 0.25) is 0 Å². The molecule has 0 spiro atoms. The SMILES string of the molecule is Cc1nc(CN2CCCC2C2CCCCC2O)cs1. The van der Waals surface area contributed by atoms with Crippen molar-refractivity contribution in [3.8, 4) is 0 Å². The number of aliphatic hydroxyl groups is 1. The fourth-order valence-electron chi connectivity index (χ4n) is 3.81. The number of likely N-dealkylation sites (tertiary alicyclic amines) is 1. The van der Waals surface area contributed by atoms with Crippen LogP contribution in [0.15, 0.2) is 5.38 Å². The van der Waals surface area contributed by atoms with Crippen molar-refractivity contribution >= 4 is 11.3 Å². The summed E-state index contributed by atoms with van der Waals surface area (Å²) in [6.45, 7) is 4.21. The molecule has 2 fully saturated rings. The van der Waals surface area contributed by atoms with Gasteiger partial charge in [-0.05, 0) is 39.2 Å². The second-order valence-electron chi connectivity index (χ2n) is 6.05. The topological polar surface area (TPSA) is 36.4 Å².